The van der Waals surface area contributed by atoms with E-state index in [2.05, 4.69) is 55.3 Å². The van der Waals surface area contributed by atoms with E-state index >= 15 is 0 Å². The van der Waals surface area contributed by atoms with Gasteiger partial charge in [0.15, 0.2) is 0 Å². The molecule has 0 amide bonds. The van der Waals surface area contributed by atoms with Crippen LogP contribution in [0.3, 0.4) is 0 Å². The van der Waals surface area contributed by atoms with Crippen LogP contribution in [0.15, 0.2) is 24.3 Å². The normalized spacial score (nSPS) is 28.9. The van der Waals surface area contributed by atoms with Crippen LogP contribution >= 0.6 is 0 Å². The van der Waals surface area contributed by atoms with Crippen molar-refractivity contribution in [1.82, 2.24) is 10.2 Å². The molecule has 0 aliphatic carbocycles. The summed E-state index contributed by atoms with van der Waals surface area (Å²) in [7, 11) is 0. The summed E-state index contributed by atoms with van der Waals surface area (Å²) in [5.74, 6) is 1.08. The van der Waals surface area contributed by atoms with Crippen molar-refractivity contribution in [3.8, 4) is 5.75 Å². The lowest BCUT2D eigenvalue weighted by Gasteiger charge is -2.46. The molecule has 0 saturated carbocycles. The van der Waals surface area contributed by atoms with E-state index in [0.29, 0.717) is 12.1 Å². The summed E-state index contributed by atoms with van der Waals surface area (Å²) in [6.45, 7) is 10.1. The standard InChI is InChI=1S/C17H26N2O/c1-4-14-10-19(17(2,3)12-18-14)11-15-9-13-7-5-6-8-16(13)20-15/h5-8,14-15,18H,4,9-12H2,1-3H3. The Balaban J connectivity index is 1.65. The Bertz CT molecular complexity index is 447. The summed E-state index contributed by atoms with van der Waals surface area (Å²) in [6.07, 6.45) is 2.55. The number of rotatable bonds is 3. The van der Waals surface area contributed by atoms with E-state index in [-0.39, 0.29) is 5.54 Å². The van der Waals surface area contributed by atoms with Crippen molar-refractivity contribution in [1.29, 1.82) is 0 Å². The summed E-state index contributed by atoms with van der Waals surface area (Å²) < 4.78 is 6.11. The fraction of sp³-hybridized carbons (Fsp3) is 0.647. The predicted molar refractivity (Wildman–Crippen MR) is 82.3 cm³/mol. The first-order valence-corrected chi connectivity index (χ1v) is 7.81. The number of ether oxygens (including phenoxy) is 1. The maximum atomic E-state index is 6.11. The molecule has 0 radical (unpaired) electrons. The van der Waals surface area contributed by atoms with Crippen molar-refractivity contribution >= 4 is 0 Å². The van der Waals surface area contributed by atoms with Gasteiger partial charge in [-0.1, -0.05) is 25.1 Å². The molecule has 1 aromatic carbocycles. The number of hydrogen-bond acceptors (Lipinski definition) is 3. The quantitative estimate of drug-likeness (QED) is 0.916. The Morgan fingerprint density at radius 2 is 2.15 bits per heavy atom. The average Bonchev–Trinajstić information content (AvgIpc) is 2.83. The minimum atomic E-state index is 0.212. The minimum absolute atomic E-state index is 0.212. The van der Waals surface area contributed by atoms with Crippen LogP contribution in [-0.2, 0) is 6.42 Å². The molecule has 1 saturated heterocycles. The highest BCUT2D eigenvalue weighted by molar-refractivity contribution is 5.37. The van der Waals surface area contributed by atoms with Gasteiger partial charge in [0.05, 0.1) is 0 Å². The molecule has 2 aliphatic rings. The third-order valence-electron chi connectivity index (χ3n) is 4.75. The van der Waals surface area contributed by atoms with Crippen LogP contribution in [0.4, 0.5) is 0 Å². The molecule has 0 spiro atoms. The minimum Gasteiger partial charge on any atom is -0.488 e. The predicted octanol–water partition coefficient (Wildman–Crippen LogP) is 2.45. The van der Waals surface area contributed by atoms with Gasteiger partial charge in [-0.3, -0.25) is 4.90 Å². The van der Waals surface area contributed by atoms with Gasteiger partial charge in [-0.2, -0.15) is 0 Å². The monoisotopic (exact) mass is 274 g/mol. The summed E-state index contributed by atoms with van der Waals surface area (Å²) >= 11 is 0. The average molecular weight is 274 g/mol. The van der Waals surface area contributed by atoms with Gasteiger partial charge in [-0.05, 0) is 31.9 Å². The first-order valence-electron chi connectivity index (χ1n) is 7.81. The molecule has 0 aromatic heterocycles. The fourth-order valence-electron chi connectivity index (χ4n) is 3.28. The van der Waals surface area contributed by atoms with Crippen molar-refractivity contribution in [3.05, 3.63) is 29.8 Å². The summed E-state index contributed by atoms with van der Waals surface area (Å²) in [4.78, 5) is 2.61. The van der Waals surface area contributed by atoms with Crippen molar-refractivity contribution in [3.63, 3.8) is 0 Å². The second-order valence-electron chi connectivity index (χ2n) is 6.76. The Morgan fingerprint density at radius 3 is 2.90 bits per heavy atom. The van der Waals surface area contributed by atoms with Crippen molar-refractivity contribution in [2.75, 3.05) is 19.6 Å². The highest BCUT2D eigenvalue weighted by Gasteiger charge is 2.36. The molecule has 1 fully saturated rings. The van der Waals surface area contributed by atoms with Gasteiger partial charge in [-0.15, -0.1) is 0 Å². The zero-order valence-electron chi connectivity index (χ0n) is 12.9. The largest absolute Gasteiger partial charge is 0.488 e. The van der Waals surface area contributed by atoms with Crippen LogP contribution in [0.2, 0.25) is 0 Å². The zero-order valence-corrected chi connectivity index (χ0v) is 12.9. The van der Waals surface area contributed by atoms with Crippen LogP contribution in [0, 0.1) is 0 Å². The lowest BCUT2D eigenvalue weighted by atomic mass is 9.95. The molecule has 110 valence electrons. The molecule has 2 heterocycles. The van der Waals surface area contributed by atoms with E-state index in [4.69, 9.17) is 4.74 Å². The smallest absolute Gasteiger partial charge is 0.123 e. The second kappa shape index (κ2) is 5.38. The number of hydrogen-bond donors (Lipinski definition) is 1. The summed E-state index contributed by atoms with van der Waals surface area (Å²) in [6, 6.07) is 9.06. The first-order chi connectivity index (χ1) is 9.58. The second-order valence-corrected chi connectivity index (χ2v) is 6.76. The van der Waals surface area contributed by atoms with E-state index in [1.807, 2.05) is 0 Å². The maximum absolute atomic E-state index is 6.11. The lowest BCUT2D eigenvalue weighted by molar-refractivity contribution is 0.0324. The van der Waals surface area contributed by atoms with Gasteiger partial charge in [0.1, 0.15) is 11.9 Å². The molecule has 2 aliphatic heterocycles. The van der Waals surface area contributed by atoms with Gasteiger partial charge in [-0.25, -0.2) is 0 Å². The number of para-hydroxylation sites is 1. The third-order valence-corrected chi connectivity index (χ3v) is 4.75. The van der Waals surface area contributed by atoms with E-state index < -0.39 is 0 Å². The molecule has 0 bridgehead atoms. The number of nitrogens with zero attached hydrogens (tertiary/aromatic N) is 1. The van der Waals surface area contributed by atoms with Crippen LogP contribution in [0.1, 0.15) is 32.8 Å². The van der Waals surface area contributed by atoms with E-state index in [1.165, 1.54) is 12.0 Å². The molecule has 20 heavy (non-hydrogen) atoms. The third kappa shape index (κ3) is 2.70. The van der Waals surface area contributed by atoms with E-state index in [0.717, 1.165) is 31.8 Å². The van der Waals surface area contributed by atoms with Crippen molar-refractivity contribution in [2.24, 2.45) is 0 Å². The lowest BCUT2D eigenvalue weighted by Crippen LogP contribution is -2.63. The van der Waals surface area contributed by atoms with E-state index in [9.17, 15) is 0 Å². The summed E-state index contributed by atoms with van der Waals surface area (Å²) in [5.41, 5.74) is 1.57. The zero-order chi connectivity index (χ0) is 14.2. The maximum Gasteiger partial charge on any atom is 0.123 e. The fourth-order valence-corrected chi connectivity index (χ4v) is 3.28. The Morgan fingerprint density at radius 1 is 1.35 bits per heavy atom. The summed E-state index contributed by atoms with van der Waals surface area (Å²) in [5, 5.41) is 3.65. The van der Waals surface area contributed by atoms with Gasteiger partial charge in [0, 0.05) is 37.6 Å². The molecule has 2 unspecified atom stereocenters. The van der Waals surface area contributed by atoms with Crippen molar-refractivity contribution in [2.45, 2.75) is 51.3 Å². The topological polar surface area (TPSA) is 24.5 Å². The molecule has 3 heteroatoms. The number of piperazine rings is 1. The Hall–Kier alpha value is -1.06. The van der Waals surface area contributed by atoms with Crippen LogP contribution in [0.5, 0.6) is 5.75 Å². The highest BCUT2D eigenvalue weighted by Crippen LogP contribution is 2.30. The molecule has 3 rings (SSSR count). The number of nitrogens with one attached hydrogen (secondary N) is 1. The van der Waals surface area contributed by atoms with Crippen LogP contribution in [-0.4, -0.2) is 42.2 Å². The van der Waals surface area contributed by atoms with Crippen molar-refractivity contribution < 1.29 is 4.74 Å². The van der Waals surface area contributed by atoms with E-state index in [1.54, 1.807) is 0 Å². The molecule has 1 aromatic rings. The van der Waals surface area contributed by atoms with Gasteiger partial charge >= 0.3 is 0 Å². The molecule has 3 nitrogen and oxygen atoms in total. The molecule has 1 N–H and O–H groups in total. The van der Waals surface area contributed by atoms with Crippen LogP contribution < -0.4 is 10.1 Å². The van der Waals surface area contributed by atoms with Gasteiger partial charge < -0.3 is 10.1 Å². The SMILES string of the molecule is CCC1CN(CC2Cc3ccccc3O2)C(C)(C)CN1. The Kier molecular flexibility index (Phi) is 3.74. The molecular weight excluding hydrogens is 248 g/mol. The Labute approximate surface area is 122 Å². The molecule has 2 atom stereocenters. The number of benzene rings is 1. The van der Waals surface area contributed by atoms with Gasteiger partial charge in [0.2, 0.25) is 0 Å². The molecular formula is C17H26N2O. The number of fused-ring (bicyclic) bond motifs is 1. The van der Waals surface area contributed by atoms with Crippen LogP contribution in [0.25, 0.3) is 0 Å². The van der Waals surface area contributed by atoms with Gasteiger partial charge in [0.25, 0.3) is 0 Å². The first kappa shape index (κ1) is 13.9. The highest BCUT2D eigenvalue weighted by atomic mass is 16.5.